The highest BCUT2D eigenvalue weighted by Gasteiger charge is 2.03. The third-order valence-corrected chi connectivity index (χ3v) is 9.69. The van der Waals surface area contributed by atoms with E-state index in [9.17, 15) is 9.59 Å². The van der Waals surface area contributed by atoms with Gasteiger partial charge in [-0.1, -0.05) is 199 Å². The number of ether oxygens (including phenoxy) is 1. The van der Waals surface area contributed by atoms with E-state index in [1.54, 1.807) is 0 Å². The minimum Gasteiger partial charge on any atom is -0.481 e. The van der Waals surface area contributed by atoms with Gasteiger partial charge in [-0.2, -0.15) is 0 Å². The Labute approximate surface area is 294 Å². The average molecular weight is 663 g/mol. The molecule has 0 bridgehead atoms. The molecule has 0 aliphatic heterocycles. The van der Waals surface area contributed by atoms with Crippen LogP contribution in [0, 0.1) is 0 Å². The monoisotopic (exact) mass is 663 g/mol. The number of hydrogen-bond donors (Lipinski definition) is 1. The predicted octanol–water partition coefficient (Wildman–Crippen LogP) is 14.6. The van der Waals surface area contributed by atoms with Crippen LogP contribution in [0.1, 0.15) is 244 Å². The summed E-state index contributed by atoms with van der Waals surface area (Å²) in [5, 5.41) is 8.64. The van der Waals surface area contributed by atoms with Crippen molar-refractivity contribution in [3.05, 3.63) is 12.2 Å². The van der Waals surface area contributed by atoms with Crippen LogP contribution >= 0.6 is 0 Å². The van der Waals surface area contributed by atoms with Crippen LogP contribution in [-0.2, 0) is 14.3 Å². The Balaban J connectivity index is 3.17. The van der Waals surface area contributed by atoms with Gasteiger partial charge in [0.05, 0.1) is 6.61 Å². The molecular weight excluding hydrogens is 580 g/mol. The minimum atomic E-state index is -0.659. The van der Waals surface area contributed by atoms with Gasteiger partial charge in [0.1, 0.15) is 0 Å². The van der Waals surface area contributed by atoms with E-state index in [-0.39, 0.29) is 5.97 Å². The lowest BCUT2D eigenvalue weighted by atomic mass is 10.0. The van der Waals surface area contributed by atoms with Gasteiger partial charge < -0.3 is 9.84 Å². The van der Waals surface area contributed by atoms with Crippen LogP contribution in [0.5, 0.6) is 0 Å². The summed E-state index contributed by atoms with van der Waals surface area (Å²) in [6, 6.07) is 0. The molecule has 0 unspecified atom stereocenters. The summed E-state index contributed by atoms with van der Waals surface area (Å²) in [4.78, 5) is 22.5. The third-order valence-electron chi connectivity index (χ3n) is 9.69. The van der Waals surface area contributed by atoms with Crippen LogP contribution in [0.4, 0.5) is 0 Å². The van der Waals surface area contributed by atoms with Crippen molar-refractivity contribution >= 4 is 11.9 Å². The van der Waals surface area contributed by atoms with Crippen LogP contribution in [0.15, 0.2) is 12.2 Å². The summed E-state index contributed by atoms with van der Waals surface area (Å²) >= 11 is 0. The molecule has 0 saturated carbocycles. The standard InChI is InChI=1S/C43H82O4/c1-2-3-4-5-6-7-8-9-10-15-19-22-25-28-31-34-37-40-43(46)47-41-38-35-32-29-26-23-20-17-14-12-11-13-16-18-21-24-27-30-33-36-39-42(44)45/h9-10H,2-8,11-41H2,1H3,(H,44,45). The number of rotatable bonds is 40. The van der Waals surface area contributed by atoms with Gasteiger partial charge in [-0.3, -0.25) is 9.59 Å². The van der Waals surface area contributed by atoms with E-state index >= 15 is 0 Å². The number of aliphatic carboxylic acids is 1. The van der Waals surface area contributed by atoms with Crippen LogP contribution < -0.4 is 0 Å². The Morgan fingerprint density at radius 1 is 0.404 bits per heavy atom. The Morgan fingerprint density at radius 3 is 1.06 bits per heavy atom. The maximum atomic E-state index is 12.0. The molecule has 278 valence electrons. The first-order valence-corrected chi connectivity index (χ1v) is 21.2. The predicted molar refractivity (Wildman–Crippen MR) is 204 cm³/mol. The SMILES string of the molecule is CCCCCCCCC=CCCCCCCCCCC(=O)OCCCCCCCCCCCCCCCCCCCCCCC(=O)O. The fourth-order valence-electron chi connectivity index (χ4n) is 6.51. The van der Waals surface area contributed by atoms with Gasteiger partial charge in [-0.25, -0.2) is 0 Å². The molecule has 0 saturated heterocycles. The van der Waals surface area contributed by atoms with E-state index in [4.69, 9.17) is 9.84 Å². The van der Waals surface area contributed by atoms with Gasteiger partial charge >= 0.3 is 11.9 Å². The Kier molecular flexibility index (Phi) is 39.7. The van der Waals surface area contributed by atoms with E-state index in [2.05, 4.69) is 19.1 Å². The second-order valence-corrected chi connectivity index (χ2v) is 14.5. The molecular formula is C43H82O4. The molecule has 1 N–H and O–H groups in total. The van der Waals surface area contributed by atoms with Crippen molar-refractivity contribution < 1.29 is 19.4 Å². The van der Waals surface area contributed by atoms with E-state index in [0.29, 0.717) is 19.4 Å². The van der Waals surface area contributed by atoms with Gasteiger partial charge in [-0.05, 0) is 44.9 Å². The molecule has 0 aliphatic rings. The summed E-state index contributed by atoms with van der Waals surface area (Å²) in [7, 11) is 0. The maximum absolute atomic E-state index is 12.0. The molecule has 0 atom stereocenters. The minimum absolute atomic E-state index is 0.0102. The molecule has 0 aromatic heterocycles. The second kappa shape index (κ2) is 40.9. The smallest absolute Gasteiger partial charge is 0.305 e. The summed E-state index contributed by atoms with van der Waals surface area (Å²) in [6.07, 6.45) is 51.0. The molecule has 0 aromatic rings. The topological polar surface area (TPSA) is 63.6 Å². The highest BCUT2D eigenvalue weighted by atomic mass is 16.5. The number of hydrogen-bond acceptors (Lipinski definition) is 3. The molecule has 47 heavy (non-hydrogen) atoms. The molecule has 0 radical (unpaired) electrons. The molecule has 0 aromatic carbocycles. The number of carbonyl (C=O) groups is 2. The molecule has 0 heterocycles. The molecule has 0 aliphatic carbocycles. The third kappa shape index (κ3) is 42.7. The zero-order valence-electron chi connectivity index (χ0n) is 31.7. The van der Waals surface area contributed by atoms with E-state index in [1.165, 1.54) is 193 Å². The number of carboxylic acids is 1. The van der Waals surface area contributed by atoms with Gasteiger partial charge in [0, 0.05) is 12.8 Å². The maximum Gasteiger partial charge on any atom is 0.305 e. The molecule has 4 heteroatoms. The van der Waals surface area contributed by atoms with Crippen LogP contribution in [0.25, 0.3) is 0 Å². The summed E-state index contributed by atoms with van der Waals surface area (Å²) < 4.78 is 5.46. The van der Waals surface area contributed by atoms with Gasteiger partial charge in [0.15, 0.2) is 0 Å². The van der Waals surface area contributed by atoms with E-state index in [1.807, 2.05) is 0 Å². The molecule has 0 fully saturated rings. The second-order valence-electron chi connectivity index (χ2n) is 14.5. The molecule has 0 spiro atoms. The van der Waals surface area contributed by atoms with Crippen LogP contribution in [0.3, 0.4) is 0 Å². The van der Waals surface area contributed by atoms with Crippen molar-refractivity contribution in [1.82, 2.24) is 0 Å². The lowest BCUT2D eigenvalue weighted by Crippen LogP contribution is -2.05. The van der Waals surface area contributed by atoms with Gasteiger partial charge in [0.2, 0.25) is 0 Å². The Morgan fingerprint density at radius 2 is 0.702 bits per heavy atom. The van der Waals surface area contributed by atoms with Crippen molar-refractivity contribution in [3.63, 3.8) is 0 Å². The first-order chi connectivity index (χ1) is 23.2. The number of carbonyl (C=O) groups excluding carboxylic acids is 1. The normalized spacial score (nSPS) is 11.5. The zero-order chi connectivity index (χ0) is 34.1. The number of carboxylic acid groups (broad SMARTS) is 1. The average Bonchev–Trinajstić information content (AvgIpc) is 3.06. The lowest BCUT2D eigenvalue weighted by Gasteiger charge is -2.06. The lowest BCUT2D eigenvalue weighted by molar-refractivity contribution is -0.144. The summed E-state index contributed by atoms with van der Waals surface area (Å²) in [5.41, 5.74) is 0. The van der Waals surface area contributed by atoms with E-state index in [0.717, 1.165) is 32.1 Å². The van der Waals surface area contributed by atoms with Crippen molar-refractivity contribution in [2.45, 2.75) is 244 Å². The van der Waals surface area contributed by atoms with Crippen molar-refractivity contribution in [3.8, 4) is 0 Å². The first kappa shape index (κ1) is 45.7. The summed E-state index contributed by atoms with van der Waals surface area (Å²) in [6.45, 7) is 2.89. The zero-order valence-corrected chi connectivity index (χ0v) is 31.7. The number of unbranched alkanes of at least 4 members (excludes halogenated alkanes) is 32. The number of esters is 1. The molecule has 4 nitrogen and oxygen atoms in total. The van der Waals surface area contributed by atoms with Crippen molar-refractivity contribution in [1.29, 1.82) is 0 Å². The van der Waals surface area contributed by atoms with Crippen LogP contribution in [-0.4, -0.2) is 23.7 Å². The van der Waals surface area contributed by atoms with Crippen LogP contribution in [0.2, 0.25) is 0 Å². The van der Waals surface area contributed by atoms with Gasteiger partial charge in [0.25, 0.3) is 0 Å². The fraction of sp³-hybridized carbons (Fsp3) is 0.907. The highest BCUT2D eigenvalue weighted by molar-refractivity contribution is 5.69. The number of allylic oxidation sites excluding steroid dienone is 2. The Bertz CT molecular complexity index is 658. The molecule has 0 rings (SSSR count). The van der Waals surface area contributed by atoms with E-state index < -0.39 is 5.97 Å². The fourth-order valence-corrected chi connectivity index (χ4v) is 6.51. The quantitative estimate of drug-likeness (QED) is 0.0403. The molecule has 0 amide bonds. The summed E-state index contributed by atoms with van der Waals surface area (Å²) in [5.74, 6) is -0.649. The van der Waals surface area contributed by atoms with Crippen molar-refractivity contribution in [2.24, 2.45) is 0 Å². The largest absolute Gasteiger partial charge is 0.481 e. The first-order valence-electron chi connectivity index (χ1n) is 21.2. The van der Waals surface area contributed by atoms with Gasteiger partial charge in [-0.15, -0.1) is 0 Å². The van der Waals surface area contributed by atoms with Crippen molar-refractivity contribution in [2.75, 3.05) is 6.61 Å². The highest BCUT2D eigenvalue weighted by Crippen LogP contribution is 2.16. The Hall–Kier alpha value is -1.32.